The summed E-state index contributed by atoms with van der Waals surface area (Å²) in [5.41, 5.74) is 1.33. The van der Waals surface area contributed by atoms with E-state index in [1.165, 1.54) is 5.56 Å². The van der Waals surface area contributed by atoms with Crippen molar-refractivity contribution < 1.29 is 4.74 Å². The quantitative estimate of drug-likeness (QED) is 0.693. The summed E-state index contributed by atoms with van der Waals surface area (Å²) in [7, 11) is 0. The van der Waals surface area contributed by atoms with E-state index >= 15 is 0 Å². The van der Waals surface area contributed by atoms with Gasteiger partial charge in [0.05, 0.1) is 6.61 Å². The lowest BCUT2D eigenvalue weighted by atomic mass is 10.0. The number of rotatable bonds is 5. The molecule has 1 heteroatoms. The first-order chi connectivity index (χ1) is 8.26. The first-order valence-corrected chi connectivity index (χ1v) is 6.46. The zero-order chi connectivity index (χ0) is 12.5. The summed E-state index contributed by atoms with van der Waals surface area (Å²) in [5, 5.41) is 0. The Balaban J connectivity index is 2.50. The Kier molecular flexibility index (Phi) is 6.25. The molecule has 1 aromatic carbocycles. The number of hydrogen-bond donors (Lipinski definition) is 0. The Morgan fingerprint density at radius 2 is 1.88 bits per heavy atom. The maximum Gasteiger partial charge on any atom is 0.119 e. The van der Waals surface area contributed by atoms with Crippen LogP contribution in [0.15, 0.2) is 24.3 Å². The second kappa shape index (κ2) is 7.79. The summed E-state index contributed by atoms with van der Waals surface area (Å²) in [4.78, 5) is 0. The molecule has 1 unspecified atom stereocenters. The van der Waals surface area contributed by atoms with Crippen LogP contribution in [0.1, 0.15) is 39.2 Å². The van der Waals surface area contributed by atoms with Gasteiger partial charge in [0, 0.05) is 12.3 Å². The lowest BCUT2D eigenvalue weighted by molar-refractivity contribution is 0.317. The molecule has 0 radical (unpaired) electrons. The highest BCUT2D eigenvalue weighted by atomic mass is 16.5. The van der Waals surface area contributed by atoms with E-state index in [0.29, 0.717) is 5.92 Å². The number of benzene rings is 1. The van der Waals surface area contributed by atoms with Gasteiger partial charge in [-0.1, -0.05) is 38.8 Å². The van der Waals surface area contributed by atoms with Crippen molar-refractivity contribution in [2.24, 2.45) is 5.92 Å². The Morgan fingerprint density at radius 1 is 1.18 bits per heavy atom. The molecule has 0 N–H and O–H groups in total. The predicted octanol–water partition coefficient (Wildman–Crippen LogP) is 4.07. The summed E-state index contributed by atoms with van der Waals surface area (Å²) in [5.74, 6) is 7.77. The van der Waals surface area contributed by atoms with E-state index in [1.807, 2.05) is 12.1 Å². The SMILES string of the molecule is CCC#CC(C)Cc1ccc(OCCC)cc1. The summed E-state index contributed by atoms with van der Waals surface area (Å²) in [6.07, 6.45) is 3.00. The van der Waals surface area contributed by atoms with E-state index in [2.05, 4.69) is 44.7 Å². The number of ether oxygens (including phenoxy) is 1. The Labute approximate surface area is 105 Å². The minimum Gasteiger partial charge on any atom is -0.494 e. The molecule has 0 fully saturated rings. The van der Waals surface area contributed by atoms with Crippen molar-refractivity contribution in [1.82, 2.24) is 0 Å². The van der Waals surface area contributed by atoms with Crippen LogP contribution in [-0.4, -0.2) is 6.61 Å². The first-order valence-electron chi connectivity index (χ1n) is 6.46. The van der Waals surface area contributed by atoms with Gasteiger partial charge in [-0.3, -0.25) is 0 Å². The number of hydrogen-bond acceptors (Lipinski definition) is 1. The molecule has 0 amide bonds. The Morgan fingerprint density at radius 3 is 2.47 bits per heavy atom. The normalized spacial score (nSPS) is 11.5. The van der Waals surface area contributed by atoms with Gasteiger partial charge in [0.25, 0.3) is 0 Å². The predicted molar refractivity (Wildman–Crippen MR) is 73.2 cm³/mol. The second-order valence-electron chi connectivity index (χ2n) is 4.27. The maximum absolute atomic E-state index is 5.55. The topological polar surface area (TPSA) is 9.23 Å². The van der Waals surface area contributed by atoms with Crippen molar-refractivity contribution in [2.45, 2.75) is 40.0 Å². The molecule has 0 aliphatic carbocycles. The molecule has 0 saturated heterocycles. The van der Waals surface area contributed by atoms with Crippen LogP contribution >= 0.6 is 0 Å². The highest BCUT2D eigenvalue weighted by molar-refractivity contribution is 5.28. The van der Waals surface area contributed by atoms with Crippen LogP contribution in [0.2, 0.25) is 0 Å². The summed E-state index contributed by atoms with van der Waals surface area (Å²) in [6, 6.07) is 8.36. The van der Waals surface area contributed by atoms with Gasteiger partial charge in [-0.2, -0.15) is 0 Å². The molecule has 1 nitrogen and oxygen atoms in total. The molecule has 1 aromatic rings. The van der Waals surface area contributed by atoms with Crippen molar-refractivity contribution in [3.63, 3.8) is 0 Å². The first kappa shape index (κ1) is 13.6. The third-order valence-corrected chi connectivity index (χ3v) is 2.46. The summed E-state index contributed by atoms with van der Waals surface area (Å²) >= 11 is 0. The van der Waals surface area contributed by atoms with E-state index in [4.69, 9.17) is 4.74 Å². The second-order valence-corrected chi connectivity index (χ2v) is 4.27. The molecule has 92 valence electrons. The van der Waals surface area contributed by atoms with Crippen molar-refractivity contribution in [3.8, 4) is 17.6 Å². The molecule has 1 rings (SSSR count). The molecule has 0 bridgehead atoms. The summed E-state index contributed by atoms with van der Waals surface area (Å²) in [6.45, 7) is 7.16. The van der Waals surface area contributed by atoms with Crippen molar-refractivity contribution in [1.29, 1.82) is 0 Å². The maximum atomic E-state index is 5.55. The fourth-order valence-corrected chi connectivity index (χ4v) is 1.62. The van der Waals surface area contributed by atoms with Crippen LogP contribution in [-0.2, 0) is 6.42 Å². The third kappa shape index (κ3) is 5.45. The lowest BCUT2D eigenvalue weighted by Crippen LogP contribution is -1.98. The van der Waals surface area contributed by atoms with Crippen LogP contribution in [0.3, 0.4) is 0 Å². The fourth-order valence-electron chi connectivity index (χ4n) is 1.62. The van der Waals surface area contributed by atoms with Crippen LogP contribution < -0.4 is 4.74 Å². The standard InChI is InChI=1S/C16H22O/c1-4-6-7-14(3)13-15-8-10-16(11-9-15)17-12-5-2/h8-11,14H,4-5,12-13H2,1-3H3. The summed E-state index contributed by atoms with van der Waals surface area (Å²) < 4.78 is 5.55. The largest absolute Gasteiger partial charge is 0.494 e. The van der Waals surface area contributed by atoms with Gasteiger partial charge in [-0.15, -0.1) is 5.92 Å². The van der Waals surface area contributed by atoms with Gasteiger partial charge in [-0.05, 0) is 30.5 Å². The van der Waals surface area contributed by atoms with Crippen molar-refractivity contribution >= 4 is 0 Å². The smallest absolute Gasteiger partial charge is 0.119 e. The average Bonchev–Trinajstić information content (AvgIpc) is 2.35. The molecule has 0 saturated carbocycles. The minimum atomic E-state index is 0.428. The molecular formula is C16H22O. The molecule has 0 aliphatic heterocycles. The van der Waals surface area contributed by atoms with Crippen molar-refractivity contribution in [3.05, 3.63) is 29.8 Å². The van der Waals surface area contributed by atoms with Crippen LogP contribution in [0.25, 0.3) is 0 Å². The zero-order valence-corrected chi connectivity index (χ0v) is 11.1. The van der Waals surface area contributed by atoms with E-state index < -0.39 is 0 Å². The average molecular weight is 230 g/mol. The molecule has 17 heavy (non-hydrogen) atoms. The van der Waals surface area contributed by atoms with Crippen LogP contribution in [0.5, 0.6) is 5.75 Å². The Hall–Kier alpha value is -1.42. The van der Waals surface area contributed by atoms with Gasteiger partial charge < -0.3 is 4.74 Å². The minimum absolute atomic E-state index is 0.428. The van der Waals surface area contributed by atoms with Gasteiger partial charge >= 0.3 is 0 Å². The van der Waals surface area contributed by atoms with E-state index in [1.54, 1.807) is 0 Å². The molecule has 0 spiro atoms. The fraction of sp³-hybridized carbons (Fsp3) is 0.500. The van der Waals surface area contributed by atoms with E-state index in [0.717, 1.165) is 31.6 Å². The molecule has 0 aromatic heterocycles. The van der Waals surface area contributed by atoms with Gasteiger partial charge in [-0.25, -0.2) is 0 Å². The van der Waals surface area contributed by atoms with Crippen LogP contribution in [0, 0.1) is 17.8 Å². The molecule has 0 aliphatic rings. The lowest BCUT2D eigenvalue weighted by Gasteiger charge is -2.07. The van der Waals surface area contributed by atoms with Crippen LogP contribution in [0.4, 0.5) is 0 Å². The molecule has 1 atom stereocenters. The third-order valence-electron chi connectivity index (χ3n) is 2.46. The van der Waals surface area contributed by atoms with E-state index in [9.17, 15) is 0 Å². The molecular weight excluding hydrogens is 208 g/mol. The highest BCUT2D eigenvalue weighted by Gasteiger charge is 2.00. The van der Waals surface area contributed by atoms with Crippen molar-refractivity contribution in [2.75, 3.05) is 6.61 Å². The molecule has 0 heterocycles. The monoisotopic (exact) mass is 230 g/mol. The van der Waals surface area contributed by atoms with Gasteiger partial charge in [0.1, 0.15) is 5.75 Å². The van der Waals surface area contributed by atoms with Gasteiger partial charge in [0.2, 0.25) is 0 Å². The Bertz CT molecular complexity index is 367. The van der Waals surface area contributed by atoms with Gasteiger partial charge in [0.15, 0.2) is 0 Å². The highest BCUT2D eigenvalue weighted by Crippen LogP contribution is 2.15. The van der Waals surface area contributed by atoms with E-state index in [-0.39, 0.29) is 0 Å². The zero-order valence-electron chi connectivity index (χ0n) is 11.1.